The summed E-state index contributed by atoms with van der Waals surface area (Å²) >= 11 is 0. The molecule has 2 nitrogen and oxygen atoms in total. The topological polar surface area (TPSA) is 28.7 Å². The molecule has 0 bridgehead atoms. The highest BCUT2D eigenvalue weighted by molar-refractivity contribution is 5.97. The van der Waals surface area contributed by atoms with Gasteiger partial charge in [-0.15, -0.1) is 0 Å². The van der Waals surface area contributed by atoms with E-state index in [4.69, 9.17) is 0 Å². The van der Waals surface area contributed by atoms with Crippen LogP contribution in [0.4, 0.5) is 4.39 Å². The molecule has 0 unspecified atom stereocenters. The lowest BCUT2D eigenvalue weighted by molar-refractivity contribution is 0.629. The highest BCUT2D eigenvalue weighted by Gasteiger charge is 2.07. The number of nitrogens with zero attached hydrogens (tertiary/aromatic N) is 1. The molecule has 0 aliphatic carbocycles. The maximum atomic E-state index is 13.2. The van der Waals surface area contributed by atoms with Crippen LogP contribution in [0.15, 0.2) is 60.9 Å². The van der Waals surface area contributed by atoms with Crippen molar-refractivity contribution in [2.75, 3.05) is 0 Å². The molecule has 20 heavy (non-hydrogen) atoms. The number of benzene rings is 2. The van der Waals surface area contributed by atoms with Crippen molar-refractivity contribution < 1.29 is 4.39 Å². The second-order valence-electron chi connectivity index (χ2n) is 4.80. The highest BCUT2D eigenvalue weighted by atomic mass is 19.1. The third kappa shape index (κ3) is 1.67. The van der Waals surface area contributed by atoms with Gasteiger partial charge in [-0.1, -0.05) is 18.2 Å². The predicted molar refractivity (Wildman–Crippen MR) is 79.0 cm³/mol. The molecule has 0 radical (unpaired) electrons. The molecule has 4 rings (SSSR count). The van der Waals surface area contributed by atoms with E-state index in [-0.39, 0.29) is 5.82 Å². The average molecular weight is 262 g/mol. The molecule has 0 aliphatic heterocycles. The monoisotopic (exact) mass is 262 g/mol. The highest BCUT2D eigenvalue weighted by Crippen LogP contribution is 2.30. The van der Waals surface area contributed by atoms with Gasteiger partial charge < -0.3 is 4.98 Å². The van der Waals surface area contributed by atoms with Crippen LogP contribution in [0.5, 0.6) is 0 Å². The zero-order valence-electron chi connectivity index (χ0n) is 10.6. The van der Waals surface area contributed by atoms with Crippen LogP contribution in [-0.4, -0.2) is 9.97 Å². The number of aromatic nitrogens is 2. The van der Waals surface area contributed by atoms with Gasteiger partial charge in [-0.2, -0.15) is 0 Å². The normalized spacial score (nSPS) is 11.2. The Morgan fingerprint density at radius 2 is 1.95 bits per heavy atom. The van der Waals surface area contributed by atoms with Crippen LogP contribution < -0.4 is 0 Å². The van der Waals surface area contributed by atoms with Gasteiger partial charge in [-0.05, 0) is 35.9 Å². The Balaban J connectivity index is 1.96. The Kier molecular flexibility index (Phi) is 2.33. The number of hydrogen-bond donors (Lipinski definition) is 1. The van der Waals surface area contributed by atoms with E-state index < -0.39 is 0 Å². The minimum Gasteiger partial charge on any atom is -0.360 e. The number of H-pyrrole nitrogens is 1. The van der Waals surface area contributed by atoms with E-state index in [0.717, 1.165) is 32.9 Å². The number of fused-ring (bicyclic) bond motifs is 2. The van der Waals surface area contributed by atoms with Crippen LogP contribution in [-0.2, 0) is 0 Å². The van der Waals surface area contributed by atoms with Gasteiger partial charge in [0.1, 0.15) is 5.82 Å². The Bertz CT molecular complexity index is 924. The van der Waals surface area contributed by atoms with Crippen LogP contribution in [0.25, 0.3) is 32.9 Å². The standard InChI is InChI=1S/C17H11FN2/c18-13-5-6-14-15(10-20-17(14)9-13)12-4-3-11-2-1-7-19-16(11)8-12/h1-10,20H. The number of nitrogens with one attached hydrogen (secondary N) is 1. The second-order valence-corrected chi connectivity index (χ2v) is 4.80. The van der Waals surface area contributed by atoms with E-state index in [1.54, 1.807) is 12.3 Å². The number of halogens is 1. The zero-order chi connectivity index (χ0) is 13.5. The lowest BCUT2D eigenvalue weighted by Gasteiger charge is -2.02. The largest absolute Gasteiger partial charge is 0.360 e. The fraction of sp³-hybridized carbons (Fsp3) is 0. The van der Waals surface area contributed by atoms with Gasteiger partial charge in [0.15, 0.2) is 0 Å². The number of pyridine rings is 1. The maximum Gasteiger partial charge on any atom is 0.125 e. The Morgan fingerprint density at radius 1 is 1.00 bits per heavy atom. The van der Waals surface area contributed by atoms with E-state index in [1.807, 2.05) is 18.3 Å². The molecular formula is C17H11FN2. The molecule has 0 spiro atoms. The number of rotatable bonds is 1. The first-order valence-electron chi connectivity index (χ1n) is 6.43. The van der Waals surface area contributed by atoms with Crippen molar-refractivity contribution >= 4 is 21.8 Å². The van der Waals surface area contributed by atoms with Crippen molar-refractivity contribution in [3.63, 3.8) is 0 Å². The van der Waals surface area contributed by atoms with Gasteiger partial charge in [0.05, 0.1) is 5.52 Å². The molecular weight excluding hydrogens is 251 g/mol. The van der Waals surface area contributed by atoms with E-state index in [9.17, 15) is 4.39 Å². The molecule has 1 N–H and O–H groups in total. The van der Waals surface area contributed by atoms with Gasteiger partial charge in [0.25, 0.3) is 0 Å². The minimum atomic E-state index is -0.230. The number of aromatic amines is 1. The Morgan fingerprint density at radius 3 is 2.90 bits per heavy atom. The third-order valence-electron chi connectivity index (χ3n) is 3.56. The SMILES string of the molecule is Fc1ccc2c(-c3ccc4cccnc4c3)c[nH]c2c1. The van der Waals surface area contributed by atoms with Crippen LogP contribution in [0.2, 0.25) is 0 Å². The first kappa shape index (κ1) is 11.2. The summed E-state index contributed by atoms with van der Waals surface area (Å²) in [5, 5.41) is 2.13. The van der Waals surface area contributed by atoms with Crippen LogP contribution in [0.3, 0.4) is 0 Å². The zero-order valence-corrected chi connectivity index (χ0v) is 10.6. The summed E-state index contributed by atoms with van der Waals surface area (Å²) in [6, 6.07) is 14.9. The molecule has 3 heteroatoms. The fourth-order valence-electron chi connectivity index (χ4n) is 2.57. The van der Waals surface area contributed by atoms with Gasteiger partial charge in [-0.3, -0.25) is 4.98 Å². The summed E-state index contributed by atoms with van der Waals surface area (Å²) in [6.45, 7) is 0. The Labute approximate surface area is 114 Å². The van der Waals surface area contributed by atoms with E-state index in [0.29, 0.717) is 0 Å². The third-order valence-corrected chi connectivity index (χ3v) is 3.56. The summed E-state index contributed by atoms with van der Waals surface area (Å²) in [7, 11) is 0. The molecule has 2 aromatic heterocycles. The number of hydrogen-bond acceptors (Lipinski definition) is 1. The summed E-state index contributed by atoms with van der Waals surface area (Å²) in [4.78, 5) is 7.49. The van der Waals surface area contributed by atoms with Gasteiger partial charge in [-0.25, -0.2) is 4.39 Å². The molecule has 0 saturated carbocycles. The molecule has 2 heterocycles. The van der Waals surface area contributed by atoms with Gasteiger partial charge >= 0.3 is 0 Å². The Hall–Kier alpha value is -2.68. The maximum absolute atomic E-state index is 13.2. The minimum absolute atomic E-state index is 0.230. The van der Waals surface area contributed by atoms with Crippen molar-refractivity contribution in [2.45, 2.75) is 0 Å². The summed E-state index contributed by atoms with van der Waals surface area (Å²) in [5.74, 6) is -0.230. The van der Waals surface area contributed by atoms with E-state index in [2.05, 4.69) is 28.2 Å². The van der Waals surface area contributed by atoms with Gasteiger partial charge in [0.2, 0.25) is 0 Å². The summed E-state index contributed by atoms with van der Waals surface area (Å²) < 4.78 is 13.2. The molecule has 0 fully saturated rings. The van der Waals surface area contributed by atoms with Crippen molar-refractivity contribution in [3.05, 3.63) is 66.7 Å². The molecule has 0 amide bonds. The van der Waals surface area contributed by atoms with Crippen LogP contribution in [0.1, 0.15) is 0 Å². The lowest BCUT2D eigenvalue weighted by Crippen LogP contribution is -1.80. The molecule has 0 saturated heterocycles. The van der Waals surface area contributed by atoms with E-state index >= 15 is 0 Å². The second kappa shape index (κ2) is 4.17. The van der Waals surface area contributed by atoms with Crippen molar-refractivity contribution in [3.8, 4) is 11.1 Å². The van der Waals surface area contributed by atoms with Crippen LogP contribution in [0, 0.1) is 5.82 Å². The van der Waals surface area contributed by atoms with E-state index in [1.165, 1.54) is 12.1 Å². The van der Waals surface area contributed by atoms with Crippen molar-refractivity contribution in [1.82, 2.24) is 9.97 Å². The van der Waals surface area contributed by atoms with Crippen LogP contribution >= 0.6 is 0 Å². The average Bonchev–Trinajstić information content (AvgIpc) is 2.89. The molecule has 0 aliphatic rings. The van der Waals surface area contributed by atoms with Gasteiger partial charge in [0, 0.05) is 34.2 Å². The molecule has 0 atom stereocenters. The summed E-state index contributed by atoms with van der Waals surface area (Å²) in [5.41, 5.74) is 3.91. The van der Waals surface area contributed by atoms with Crippen molar-refractivity contribution in [1.29, 1.82) is 0 Å². The molecule has 4 aromatic rings. The summed E-state index contributed by atoms with van der Waals surface area (Å²) in [6.07, 6.45) is 3.70. The fourth-order valence-corrected chi connectivity index (χ4v) is 2.57. The smallest absolute Gasteiger partial charge is 0.125 e. The molecule has 96 valence electrons. The first-order chi connectivity index (χ1) is 9.81. The lowest BCUT2D eigenvalue weighted by atomic mass is 10.0. The van der Waals surface area contributed by atoms with Crippen molar-refractivity contribution in [2.24, 2.45) is 0 Å². The first-order valence-corrected chi connectivity index (χ1v) is 6.43. The molecule has 2 aromatic carbocycles. The predicted octanol–water partition coefficient (Wildman–Crippen LogP) is 4.52. The quantitative estimate of drug-likeness (QED) is 0.536.